The summed E-state index contributed by atoms with van der Waals surface area (Å²) >= 11 is 1.50. The maximum Gasteiger partial charge on any atom is 0.318 e. The summed E-state index contributed by atoms with van der Waals surface area (Å²) in [5, 5.41) is 8.81. The summed E-state index contributed by atoms with van der Waals surface area (Å²) in [5.74, 6) is -0.167. The number of carbonyl (C=O) groups excluding carboxylic acids is 3. The smallest absolute Gasteiger partial charge is 0.318 e. The standard InChI is InChI=1S/C37H46N6O7S2/c1-21(2)28-20-51-34(40-28)27-17-31(26-13-14-30(49-4)22(3)32(26)39-27)50-24-16-29-33(44)41-37(35(45)42-52(47,48)25-11-12-25)18-23(37)10-8-6-5-7-9-15-38-36(46)43(29)19-24/h8,10,13-14,17,20-21,23-25,29H,5-7,9,11-12,15-16,18-19H2,1-4H3,(H,38,46)(H,41,44)(H,42,45)/b10-8-. The molecule has 15 heteroatoms. The first-order valence-electron chi connectivity index (χ1n) is 18.1. The fourth-order valence-electron chi connectivity index (χ4n) is 7.10. The summed E-state index contributed by atoms with van der Waals surface area (Å²) in [6.07, 6.45) is 8.09. The Hall–Kier alpha value is -4.24. The van der Waals surface area contributed by atoms with Crippen LogP contribution in [0.1, 0.15) is 82.4 Å². The molecule has 278 valence electrons. The summed E-state index contributed by atoms with van der Waals surface area (Å²) < 4.78 is 40.1. The Labute approximate surface area is 308 Å². The van der Waals surface area contributed by atoms with E-state index in [2.05, 4.69) is 29.2 Å². The van der Waals surface area contributed by atoms with Crippen molar-refractivity contribution in [2.45, 2.75) is 101 Å². The van der Waals surface area contributed by atoms with Gasteiger partial charge < -0.3 is 25.0 Å². The summed E-state index contributed by atoms with van der Waals surface area (Å²) in [4.78, 5) is 52.7. The fraction of sp³-hybridized carbons (Fsp3) is 0.541. The maximum atomic E-state index is 14.2. The van der Waals surface area contributed by atoms with E-state index >= 15 is 0 Å². The molecule has 13 nitrogen and oxygen atoms in total. The number of nitrogens with one attached hydrogen (secondary N) is 3. The number of hydrogen-bond acceptors (Lipinski definition) is 10. The molecule has 4 aliphatic rings. The van der Waals surface area contributed by atoms with Gasteiger partial charge in [0.1, 0.15) is 39.9 Å². The Bertz CT molecular complexity index is 2030. The molecule has 0 radical (unpaired) electrons. The predicted molar refractivity (Wildman–Crippen MR) is 198 cm³/mol. The number of ether oxygens (including phenoxy) is 2. The Balaban J connectivity index is 1.20. The van der Waals surface area contributed by atoms with Gasteiger partial charge in [0.25, 0.3) is 5.91 Å². The van der Waals surface area contributed by atoms with Gasteiger partial charge in [-0.3, -0.25) is 14.3 Å². The molecule has 0 spiro atoms. The number of benzene rings is 1. The molecule has 4 unspecified atom stereocenters. The number of nitrogens with zero attached hydrogens (tertiary/aromatic N) is 3. The minimum atomic E-state index is -3.84. The maximum absolute atomic E-state index is 14.2. The van der Waals surface area contributed by atoms with Crippen molar-refractivity contribution in [2.75, 3.05) is 20.2 Å². The number of hydrogen-bond donors (Lipinski definition) is 3. The molecular formula is C37H46N6O7S2. The van der Waals surface area contributed by atoms with E-state index in [9.17, 15) is 22.8 Å². The predicted octanol–water partition coefficient (Wildman–Crippen LogP) is 4.94. The van der Waals surface area contributed by atoms with Gasteiger partial charge in [-0.05, 0) is 63.5 Å². The highest BCUT2D eigenvalue weighted by atomic mass is 32.2. The van der Waals surface area contributed by atoms with Crippen molar-refractivity contribution in [3.05, 3.63) is 47.0 Å². The van der Waals surface area contributed by atoms with E-state index in [1.165, 1.54) is 16.2 Å². The second-order valence-electron chi connectivity index (χ2n) is 14.6. The molecule has 2 saturated carbocycles. The van der Waals surface area contributed by atoms with Crippen molar-refractivity contribution in [1.82, 2.24) is 30.2 Å². The number of allylic oxidation sites excluding steroid dienone is 1. The molecule has 52 heavy (non-hydrogen) atoms. The zero-order valence-corrected chi connectivity index (χ0v) is 31.6. The largest absolute Gasteiger partial charge is 0.496 e. The van der Waals surface area contributed by atoms with Crippen molar-refractivity contribution >= 4 is 50.1 Å². The first kappa shape index (κ1) is 36.1. The molecule has 2 aromatic heterocycles. The van der Waals surface area contributed by atoms with Crippen LogP contribution in [-0.4, -0.2) is 84.3 Å². The van der Waals surface area contributed by atoms with Gasteiger partial charge in [0.05, 0.1) is 30.1 Å². The van der Waals surface area contributed by atoms with Crippen LogP contribution in [0.25, 0.3) is 21.6 Å². The van der Waals surface area contributed by atoms with Crippen LogP contribution >= 0.6 is 11.3 Å². The van der Waals surface area contributed by atoms with Crippen LogP contribution in [-0.2, 0) is 19.6 Å². The van der Waals surface area contributed by atoms with E-state index in [1.54, 1.807) is 7.11 Å². The number of methoxy groups -OCH3 is 1. The van der Waals surface area contributed by atoms with Crippen molar-refractivity contribution in [2.24, 2.45) is 5.92 Å². The third-order valence-electron chi connectivity index (χ3n) is 10.5. The molecule has 2 aliphatic heterocycles. The number of rotatable bonds is 8. The number of urea groups is 1. The Morgan fingerprint density at radius 2 is 1.94 bits per heavy atom. The highest BCUT2D eigenvalue weighted by molar-refractivity contribution is 7.91. The molecule has 3 aromatic rings. The van der Waals surface area contributed by atoms with Gasteiger partial charge in [-0.1, -0.05) is 32.4 Å². The molecular weight excluding hydrogens is 705 g/mol. The second-order valence-corrected chi connectivity index (χ2v) is 17.4. The third-order valence-corrected chi connectivity index (χ3v) is 13.2. The van der Waals surface area contributed by atoms with E-state index in [0.29, 0.717) is 42.1 Å². The van der Waals surface area contributed by atoms with E-state index in [1.807, 2.05) is 42.7 Å². The lowest BCUT2D eigenvalue weighted by molar-refractivity contribution is -0.131. The highest BCUT2D eigenvalue weighted by Crippen LogP contribution is 2.46. The zero-order valence-electron chi connectivity index (χ0n) is 29.9. The monoisotopic (exact) mass is 750 g/mol. The Morgan fingerprint density at radius 1 is 1.13 bits per heavy atom. The van der Waals surface area contributed by atoms with Crippen molar-refractivity contribution < 1.29 is 32.3 Å². The third kappa shape index (κ3) is 7.21. The van der Waals surface area contributed by atoms with Gasteiger partial charge >= 0.3 is 6.03 Å². The first-order valence-corrected chi connectivity index (χ1v) is 20.5. The van der Waals surface area contributed by atoms with Crippen LogP contribution in [0.2, 0.25) is 0 Å². The quantitative estimate of drug-likeness (QED) is 0.270. The number of aromatic nitrogens is 2. The normalized spacial score (nSPS) is 26.0. The number of fused-ring (bicyclic) bond motifs is 3. The Kier molecular flexibility index (Phi) is 9.93. The van der Waals surface area contributed by atoms with Crippen molar-refractivity contribution in [3.63, 3.8) is 0 Å². The molecule has 0 bridgehead atoms. The van der Waals surface area contributed by atoms with Crippen LogP contribution in [0.5, 0.6) is 11.5 Å². The van der Waals surface area contributed by atoms with Gasteiger partial charge in [0.2, 0.25) is 15.9 Å². The average Bonchev–Trinajstić information content (AvgIpc) is 3.98. The van der Waals surface area contributed by atoms with E-state index < -0.39 is 50.8 Å². The fourth-order valence-corrected chi connectivity index (χ4v) is 9.40. The van der Waals surface area contributed by atoms with Crippen LogP contribution < -0.4 is 24.8 Å². The molecule has 2 aliphatic carbocycles. The lowest BCUT2D eigenvalue weighted by Crippen LogP contribution is -2.57. The summed E-state index contributed by atoms with van der Waals surface area (Å²) in [6, 6.07) is 4.24. The summed E-state index contributed by atoms with van der Waals surface area (Å²) in [5.41, 5.74) is 1.71. The molecule has 3 fully saturated rings. The summed E-state index contributed by atoms with van der Waals surface area (Å²) in [7, 11) is -2.23. The van der Waals surface area contributed by atoms with Crippen LogP contribution in [0.4, 0.5) is 4.79 Å². The van der Waals surface area contributed by atoms with Gasteiger partial charge in [-0.15, -0.1) is 11.3 Å². The topological polar surface area (TPSA) is 169 Å². The molecule has 4 amide bonds. The molecule has 1 aromatic carbocycles. The summed E-state index contributed by atoms with van der Waals surface area (Å²) in [6.45, 7) is 6.69. The van der Waals surface area contributed by atoms with Gasteiger partial charge in [-0.25, -0.2) is 23.2 Å². The van der Waals surface area contributed by atoms with Gasteiger partial charge in [-0.2, -0.15) is 0 Å². The van der Waals surface area contributed by atoms with E-state index in [4.69, 9.17) is 19.4 Å². The molecule has 4 heterocycles. The SMILES string of the molecule is COc1ccc2c(OC3CC4C(=O)NC5(C(=O)NS(=O)(=O)C6CC6)CC5/C=C\CCCCCNC(=O)N4C3)cc(-c3nc(C(C)C)cs3)nc2c1C. The number of amides is 4. The minimum absolute atomic E-state index is 0.117. The molecule has 1 saturated heterocycles. The lowest BCUT2D eigenvalue weighted by atomic mass is 10.1. The average molecular weight is 751 g/mol. The zero-order chi connectivity index (χ0) is 36.8. The Morgan fingerprint density at radius 3 is 2.67 bits per heavy atom. The first-order chi connectivity index (χ1) is 24.9. The number of aryl methyl sites for hydroxylation is 1. The van der Waals surface area contributed by atoms with Crippen molar-refractivity contribution in [3.8, 4) is 22.2 Å². The lowest BCUT2D eigenvalue weighted by Gasteiger charge is -2.26. The van der Waals surface area contributed by atoms with E-state index in [0.717, 1.165) is 47.3 Å². The van der Waals surface area contributed by atoms with Gasteiger partial charge in [0, 0.05) is 41.3 Å². The highest BCUT2D eigenvalue weighted by Gasteiger charge is 2.62. The molecule has 4 atom stereocenters. The second kappa shape index (κ2) is 14.3. The van der Waals surface area contributed by atoms with Crippen LogP contribution in [0.3, 0.4) is 0 Å². The van der Waals surface area contributed by atoms with Gasteiger partial charge in [0.15, 0.2) is 0 Å². The van der Waals surface area contributed by atoms with Crippen LogP contribution in [0, 0.1) is 12.8 Å². The minimum Gasteiger partial charge on any atom is -0.496 e. The number of carbonyl (C=O) groups is 3. The number of thiazole rings is 1. The number of sulfonamides is 1. The van der Waals surface area contributed by atoms with Crippen LogP contribution in [0.15, 0.2) is 35.7 Å². The molecule has 7 rings (SSSR count). The molecule has 3 N–H and O–H groups in total. The van der Waals surface area contributed by atoms with E-state index in [-0.39, 0.29) is 31.2 Å². The van der Waals surface area contributed by atoms with Crippen molar-refractivity contribution in [1.29, 1.82) is 0 Å². The number of pyridine rings is 1.